The summed E-state index contributed by atoms with van der Waals surface area (Å²) in [7, 11) is -4.00. The van der Waals surface area contributed by atoms with Crippen molar-refractivity contribution in [1.82, 2.24) is 4.31 Å². The van der Waals surface area contributed by atoms with E-state index in [4.69, 9.17) is 22.1 Å². The zero-order chi connectivity index (χ0) is 15.6. The molecular weight excluding hydrogens is 322 g/mol. The molecule has 0 amide bonds. The van der Waals surface area contributed by atoms with Crippen LogP contribution in [0.4, 0.5) is 5.69 Å². The van der Waals surface area contributed by atoms with Crippen molar-refractivity contribution in [3.05, 3.63) is 33.3 Å². The lowest BCUT2D eigenvalue weighted by Gasteiger charge is -2.31. The van der Waals surface area contributed by atoms with E-state index in [0.717, 1.165) is 16.4 Å². The molecule has 0 aliphatic carbocycles. The Bertz CT molecular complexity index is 651. The Kier molecular flexibility index (Phi) is 4.79. The lowest BCUT2D eigenvalue weighted by Crippen LogP contribution is -2.48. The van der Waals surface area contributed by atoms with E-state index < -0.39 is 26.7 Å². The minimum absolute atomic E-state index is 0.0681. The summed E-state index contributed by atoms with van der Waals surface area (Å²) in [6.45, 7) is 0.564. The van der Waals surface area contributed by atoms with Crippen LogP contribution < -0.4 is 5.73 Å². The number of hydrogen-bond donors (Lipinski definition) is 1. The molecule has 1 aliphatic heterocycles. The number of hydrogen-bond acceptors (Lipinski definition) is 6. The van der Waals surface area contributed by atoms with Crippen molar-refractivity contribution in [2.45, 2.75) is 11.0 Å². The largest absolute Gasteiger partial charge is 0.374 e. The molecule has 2 N–H and O–H groups in total. The number of nitrogens with two attached hydrogens (primary N) is 1. The summed E-state index contributed by atoms with van der Waals surface area (Å²) in [4.78, 5) is 9.90. The number of nitrogens with zero attached hydrogens (tertiary/aromatic N) is 2. The summed E-state index contributed by atoms with van der Waals surface area (Å²) in [5.74, 6) is 0. The fourth-order valence-corrected chi connectivity index (χ4v) is 3.80. The average molecular weight is 336 g/mol. The molecule has 1 atom stereocenters. The van der Waals surface area contributed by atoms with Gasteiger partial charge in [0, 0.05) is 30.7 Å². The first kappa shape index (κ1) is 16.1. The molecule has 0 bridgehead atoms. The van der Waals surface area contributed by atoms with Crippen molar-refractivity contribution in [2.75, 3.05) is 26.2 Å². The van der Waals surface area contributed by atoms with E-state index in [0.29, 0.717) is 0 Å². The summed E-state index contributed by atoms with van der Waals surface area (Å²) in [6.07, 6.45) is -0.417. The fourth-order valence-electron chi connectivity index (χ4n) is 2.04. The molecular formula is C11H14ClN3O5S. The molecule has 21 heavy (non-hydrogen) atoms. The minimum Gasteiger partial charge on any atom is -0.374 e. The van der Waals surface area contributed by atoms with Crippen LogP contribution in [0.1, 0.15) is 0 Å². The molecule has 116 valence electrons. The average Bonchev–Trinajstić information content (AvgIpc) is 2.46. The first-order chi connectivity index (χ1) is 9.86. The number of halogens is 1. The summed E-state index contributed by atoms with van der Waals surface area (Å²) in [5, 5.41) is 11.1. The van der Waals surface area contributed by atoms with Crippen LogP contribution >= 0.6 is 11.6 Å². The normalized spacial score (nSPS) is 20.4. The van der Waals surface area contributed by atoms with Crippen LogP contribution in [0.2, 0.25) is 5.02 Å². The number of ether oxygens (including phenoxy) is 1. The van der Waals surface area contributed by atoms with Crippen molar-refractivity contribution in [1.29, 1.82) is 0 Å². The van der Waals surface area contributed by atoms with Gasteiger partial charge < -0.3 is 10.5 Å². The topological polar surface area (TPSA) is 116 Å². The van der Waals surface area contributed by atoms with Crippen LogP contribution in [0.5, 0.6) is 0 Å². The summed E-state index contributed by atoms with van der Waals surface area (Å²) in [6, 6.07) is 3.47. The lowest BCUT2D eigenvalue weighted by atomic mass is 10.3. The van der Waals surface area contributed by atoms with Gasteiger partial charge in [0.15, 0.2) is 4.90 Å². The van der Waals surface area contributed by atoms with Crippen molar-refractivity contribution in [2.24, 2.45) is 5.73 Å². The van der Waals surface area contributed by atoms with Gasteiger partial charge in [0.05, 0.1) is 17.6 Å². The quantitative estimate of drug-likeness (QED) is 0.636. The number of nitro benzene ring substituents is 1. The van der Waals surface area contributed by atoms with Crippen molar-refractivity contribution >= 4 is 27.3 Å². The molecule has 1 saturated heterocycles. The Balaban J connectivity index is 2.42. The maximum atomic E-state index is 12.6. The molecule has 8 nitrogen and oxygen atoms in total. The van der Waals surface area contributed by atoms with Gasteiger partial charge in [0.2, 0.25) is 10.0 Å². The van der Waals surface area contributed by atoms with Crippen LogP contribution in [0.25, 0.3) is 0 Å². The van der Waals surface area contributed by atoms with Gasteiger partial charge in [-0.1, -0.05) is 11.6 Å². The van der Waals surface area contributed by atoms with E-state index in [1.54, 1.807) is 0 Å². The van der Waals surface area contributed by atoms with Crippen LogP contribution in [-0.2, 0) is 14.8 Å². The molecule has 1 aromatic rings. The smallest absolute Gasteiger partial charge is 0.290 e. The van der Waals surface area contributed by atoms with Gasteiger partial charge in [-0.05, 0) is 12.1 Å². The maximum Gasteiger partial charge on any atom is 0.290 e. The van der Waals surface area contributed by atoms with Crippen LogP contribution in [-0.4, -0.2) is 50.0 Å². The molecule has 10 heteroatoms. The number of benzene rings is 1. The van der Waals surface area contributed by atoms with E-state index in [2.05, 4.69) is 0 Å². The summed E-state index contributed by atoms with van der Waals surface area (Å²) >= 11 is 5.69. The Morgan fingerprint density at radius 3 is 2.86 bits per heavy atom. The number of nitro groups is 1. The van der Waals surface area contributed by atoms with Gasteiger partial charge in [-0.3, -0.25) is 10.1 Å². The molecule has 0 spiro atoms. The van der Waals surface area contributed by atoms with Gasteiger partial charge in [-0.25, -0.2) is 8.42 Å². The summed E-state index contributed by atoms with van der Waals surface area (Å²) < 4.78 is 31.6. The molecule has 0 saturated carbocycles. The van der Waals surface area contributed by atoms with E-state index in [1.807, 2.05) is 0 Å². The SMILES string of the molecule is NCC1CN(S(=O)(=O)c2ccc(Cl)cc2[N+](=O)[O-])CCO1. The molecule has 2 rings (SSSR count). The van der Waals surface area contributed by atoms with Gasteiger partial charge in [-0.2, -0.15) is 4.31 Å². The van der Waals surface area contributed by atoms with Gasteiger partial charge in [-0.15, -0.1) is 0 Å². The highest BCUT2D eigenvalue weighted by Gasteiger charge is 2.35. The molecule has 0 radical (unpaired) electrons. The minimum atomic E-state index is -4.00. The maximum absolute atomic E-state index is 12.6. The first-order valence-corrected chi connectivity index (χ1v) is 7.94. The van der Waals surface area contributed by atoms with E-state index >= 15 is 0 Å². The van der Waals surface area contributed by atoms with Crippen molar-refractivity contribution in [3.63, 3.8) is 0 Å². The van der Waals surface area contributed by atoms with Gasteiger partial charge >= 0.3 is 0 Å². The highest BCUT2D eigenvalue weighted by molar-refractivity contribution is 7.89. The highest BCUT2D eigenvalue weighted by atomic mass is 35.5. The highest BCUT2D eigenvalue weighted by Crippen LogP contribution is 2.30. The Hall–Kier alpha value is -1.26. The second-order valence-electron chi connectivity index (χ2n) is 4.46. The predicted molar refractivity (Wildman–Crippen MR) is 75.7 cm³/mol. The van der Waals surface area contributed by atoms with E-state index in [1.165, 1.54) is 6.07 Å². The summed E-state index contributed by atoms with van der Waals surface area (Å²) in [5.41, 5.74) is 4.93. The molecule has 1 aromatic carbocycles. The zero-order valence-corrected chi connectivity index (χ0v) is 12.5. The molecule has 0 aromatic heterocycles. The zero-order valence-electron chi connectivity index (χ0n) is 10.9. The van der Waals surface area contributed by atoms with Crippen molar-refractivity contribution in [3.8, 4) is 0 Å². The van der Waals surface area contributed by atoms with Crippen LogP contribution in [0, 0.1) is 10.1 Å². The van der Waals surface area contributed by atoms with Crippen molar-refractivity contribution < 1.29 is 18.1 Å². The molecule has 1 unspecified atom stereocenters. The first-order valence-electron chi connectivity index (χ1n) is 6.12. The standard InChI is InChI=1S/C11H14ClN3O5S/c12-8-1-2-11(10(5-8)15(16)17)21(18,19)14-3-4-20-9(6-13)7-14/h1-2,5,9H,3-4,6-7,13H2. The van der Waals surface area contributed by atoms with Crippen LogP contribution in [0.3, 0.4) is 0 Å². The van der Waals surface area contributed by atoms with Gasteiger partial charge in [0.1, 0.15) is 0 Å². The third-order valence-electron chi connectivity index (χ3n) is 3.10. The monoisotopic (exact) mass is 335 g/mol. The molecule has 1 heterocycles. The lowest BCUT2D eigenvalue weighted by molar-refractivity contribution is -0.387. The van der Waals surface area contributed by atoms with E-state index in [9.17, 15) is 18.5 Å². The van der Waals surface area contributed by atoms with Gasteiger partial charge in [0.25, 0.3) is 5.69 Å². The van der Waals surface area contributed by atoms with E-state index in [-0.39, 0.29) is 36.2 Å². The molecule has 1 fully saturated rings. The third-order valence-corrected chi connectivity index (χ3v) is 5.25. The van der Waals surface area contributed by atoms with Crippen LogP contribution in [0.15, 0.2) is 23.1 Å². The number of rotatable bonds is 4. The third kappa shape index (κ3) is 3.33. The Morgan fingerprint density at radius 1 is 1.52 bits per heavy atom. The Morgan fingerprint density at radius 2 is 2.24 bits per heavy atom. The Labute approximate surface area is 126 Å². The number of sulfonamides is 1. The fraction of sp³-hybridized carbons (Fsp3) is 0.455. The second-order valence-corrected chi connectivity index (χ2v) is 6.80. The second kappa shape index (κ2) is 6.24. The number of morpholine rings is 1. The molecule has 1 aliphatic rings. The predicted octanol–water partition coefficient (Wildman–Crippen LogP) is 0.596.